The van der Waals surface area contributed by atoms with Crippen LogP contribution in [0.2, 0.25) is 0 Å². The van der Waals surface area contributed by atoms with Gasteiger partial charge in [-0.25, -0.2) is 0 Å². The van der Waals surface area contributed by atoms with Gasteiger partial charge in [-0.3, -0.25) is 0 Å². The molecule has 0 aromatic rings. The molecule has 0 bridgehead atoms. The van der Waals surface area contributed by atoms with Crippen molar-refractivity contribution >= 4 is 12.2 Å². The highest BCUT2D eigenvalue weighted by Crippen LogP contribution is 2.05. The first kappa shape index (κ1) is 11.9. The lowest BCUT2D eigenvalue weighted by Crippen LogP contribution is -2.53. The number of imide groups is 1. The molecule has 0 spiro atoms. The molecule has 0 rings (SSSR count). The monoisotopic (exact) mass is 192 g/mol. The third-order valence-electron chi connectivity index (χ3n) is 1.80. The Morgan fingerprint density at radius 3 is 2.08 bits per heavy atom. The first-order chi connectivity index (χ1) is 5.95. The number of methoxy groups -OCH3 is 1. The van der Waals surface area contributed by atoms with E-state index in [0.29, 0.717) is 13.0 Å². The van der Waals surface area contributed by atoms with Gasteiger partial charge in [-0.05, 0) is 0 Å². The van der Waals surface area contributed by atoms with Crippen LogP contribution in [0.3, 0.4) is 0 Å². The molecule has 2 N–H and O–H groups in total. The Labute approximate surface area is 75.9 Å². The Hall–Kier alpha value is -1.14. The van der Waals surface area contributed by atoms with Gasteiger partial charge in [0.15, 0.2) is 0 Å². The second kappa shape index (κ2) is 4.78. The van der Waals surface area contributed by atoms with Crippen molar-refractivity contribution in [2.75, 3.05) is 27.3 Å². The summed E-state index contributed by atoms with van der Waals surface area (Å²) in [5.41, 5.74) is 0. The normalized spacial score (nSPS) is 11.2. The summed E-state index contributed by atoms with van der Waals surface area (Å²) in [5, 5.41) is 17.3. The summed E-state index contributed by atoms with van der Waals surface area (Å²) >= 11 is 0. The van der Waals surface area contributed by atoms with Gasteiger partial charge >= 0.3 is 12.2 Å². The van der Waals surface area contributed by atoms with Gasteiger partial charge in [0, 0.05) is 13.5 Å². The maximum absolute atomic E-state index is 10.6. The minimum absolute atomic E-state index is 0.0124. The second-order valence-corrected chi connectivity index (χ2v) is 2.83. The van der Waals surface area contributed by atoms with Gasteiger partial charge in [0.2, 0.25) is 0 Å². The molecule has 0 aromatic carbocycles. The van der Waals surface area contributed by atoms with Gasteiger partial charge in [-0.2, -0.15) is 9.59 Å². The summed E-state index contributed by atoms with van der Waals surface area (Å²) in [6, 6.07) is 0. The summed E-state index contributed by atoms with van der Waals surface area (Å²) in [7, 11) is 2.62. The Balaban J connectivity index is 4.26. The van der Waals surface area contributed by atoms with Gasteiger partial charge in [-0.15, -0.1) is 4.48 Å². The Kier molecular flexibility index (Phi) is 4.36. The molecule has 0 fully saturated rings. The van der Waals surface area contributed by atoms with Crippen molar-refractivity contribution in [1.29, 1.82) is 0 Å². The summed E-state index contributed by atoms with van der Waals surface area (Å²) in [6.07, 6.45) is -2.35. The zero-order valence-corrected chi connectivity index (χ0v) is 7.69. The van der Waals surface area contributed by atoms with E-state index in [1.54, 1.807) is 0 Å². The predicted molar refractivity (Wildman–Crippen MR) is 43.6 cm³/mol. The van der Waals surface area contributed by atoms with Crippen LogP contribution in [0.1, 0.15) is 6.42 Å². The lowest BCUT2D eigenvalue weighted by molar-refractivity contribution is -0.763. The molecule has 0 atom stereocenters. The third kappa shape index (κ3) is 3.00. The van der Waals surface area contributed by atoms with Gasteiger partial charge in [0.1, 0.15) is 6.54 Å². The lowest BCUT2D eigenvalue weighted by Gasteiger charge is -2.20. The van der Waals surface area contributed by atoms with Crippen molar-refractivity contribution < 1.29 is 29.0 Å². The second-order valence-electron chi connectivity index (χ2n) is 2.83. The van der Waals surface area contributed by atoms with Crippen molar-refractivity contribution in [3.05, 3.63) is 0 Å². The van der Waals surface area contributed by atoms with E-state index in [1.165, 1.54) is 7.11 Å². The third-order valence-corrected chi connectivity index (χ3v) is 1.80. The van der Waals surface area contributed by atoms with E-state index in [-0.39, 0.29) is 6.54 Å². The van der Waals surface area contributed by atoms with Crippen LogP contribution in [0.4, 0.5) is 9.59 Å². The fourth-order valence-electron chi connectivity index (χ4n) is 0.798. The van der Waals surface area contributed by atoms with E-state index < -0.39 is 16.7 Å². The number of ether oxygens (including phenoxy) is 1. The first-order valence-corrected chi connectivity index (χ1v) is 3.76. The Bertz CT molecular complexity index is 189. The number of amides is 2. The van der Waals surface area contributed by atoms with E-state index in [0.717, 1.165) is 7.05 Å². The topological polar surface area (TPSA) is 83.8 Å². The van der Waals surface area contributed by atoms with E-state index >= 15 is 0 Å². The average Bonchev–Trinajstić information content (AvgIpc) is 2.03. The molecule has 0 aliphatic heterocycles. The molecule has 2 amide bonds. The zero-order valence-electron chi connectivity index (χ0n) is 7.69. The Morgan fingerprint density at radius 2 is 1.77 bits per heavy atom. The molecule has 6 heteroatoms. The van der Waals surface area contributed by atoms with Crippen molar-refractivity contribution in [2.24, 2.45) is 0 Å². The van der Waals surface area contributed by atoms with Crippen LogP contribution in [0.5, 0.6) is 0 Å². The van der Waals surface area contributed by atoms with Crippen LogP contribution in [-0.4, -0.2) is 54.2 Å². The van der Waals surface area contributed by atoms with Crippen molar-refractivity contribution in [3.8, 4) is 0 Å². The summed E-state index contributed by atoms with van der Waals surface area (Å²) < 4.78 is 3.68. The van der Waals surface area contributed by atoms with Gasteiger partial charge in [-0.1, -0.05) is 0 Å². The van der Waals surface area contributed by atoms with Crippen molar-refractivity contribution in [2.45, 2.75) is 6.42 Å². The number of quaternary nitrogens is 1. The molecular formula is C7H14NO5+. The molecule has 0 aromatic heterocycles. The molecule has 0 aliphatic rings. The highest BCUT2D eigenvalue weighted by molar-refractivity contribution is 5.73. The van der Waals surface area contributed by atoms with Crippen molar-refractivity contribution in [1.82, 2.24) is 0 Å². The highest BCUT2D eigenvalue weighted by atomic mass is 16.5. The van der Waals surface area contributed by atoms with Crippen molar-refractivity contribution in [3.63, 3.8) is 0 Å². The first-order valence-electron chi connectivity index (χ1n) is 3.76. The van der Waals surface area contributed by atoms with E-state index in [9.17, 15) is 9.59 Å². The minimum atomic E-state index is -1.37. The maximum Gasteiger partial charge on any atom is 0.524 e. The average molecular weight is 192 g/mol. The smallest absolute Gasteiger partial charge is 0.435 e. The molecule has 0 aliphatic carbocycles. The summed E-state index contributed by atoms with van der Waals surface area (Å²) in [5.74, 6) is 0. The fraction of sp³-hybridized carbons (Fsp3) is 0.714. The number of carbonyl (C=O) groups is 2. The minimum Gasteiger partial charge on any atom is -0.435 e. The number of carboxylic acid groups (broad SMARTS) is 2. The van der Waals surface area contributed by atoms with Crippen LogP contribution in [0.15, 0.2) is 0 Å². The van der Waals surface area contributed by atoms with Crippen LogP contribution in [0, 0.1) is 0 Å². The zero-order chi connectivity index (χ0) is 10.5. The lowest BCUT2D eigenvalue weighted by atomic mass is 10.4. The van der Waals surface area contributed by atoms with Gasteiger partial charge in [0.05, 0.1) is 13.7 Å². The van der Waals surface area contributed by atoms with E-state index in [2.05, 4.69) is 0 Å². The molecule has 6 nitrogen and oxygen atoms in total. The van der Waals surface area contributed by atoms with E-state index in [1.807, 2.05) is 0 Å². The SMILES string of the molecule is COCCC[N+](C)(C(=O)O)C(=O)O. The number of hydrogen-bond donors (Lipinski definition) is 2. The molecule has 0 saturated heterocycles. The number of hydrogen-bond acceptors (Lipinski definition) is 3. The standard InChI is InChI=1S/C7H13NO5/c1-8(6(9)10,7(11)12)4-3-5-13-2/h3-5H2,1-2H3,(H-,9,10,11,12)/p+1. The molecule has 0 unspecified atom stereocenters. The number of rotatable bonds is 4. The van der Waals surface area contributed by atoms with Crippen LogP contribution < -0.4 is 0 Å². The molecule has 0 heterocycles. The molecule has 0 radical (unpaired) electrons. The van der Waals surface area contributed by atoms with Crippen LogP contribution in [0.25, 0.3) is 0 Å². The van der Waals surface area contributed by atoms with Gasteiger partial charge in [0.25, 0.3) is 0 Å². The molecular weight excluding hydrogens is 178 g/mol. The van der Waals surface area contributed by atoms with E-state index in [4.69, 9.17) is 14.9 Å². The molecule has 13 heavy (non-hydrogen) atoms. The van der Waals surface area contributed by atoms with Crippen LogP contribution >= 0.6 is 0 Å². The molecule has 0 saturated carbocycles. The summed E-state index contributed by atoms with van der Waals surface area (Å²) in [6.45, 7) is 0.368. The highest BCUT2D eigenvalue weighted by Gasteiger charge is 2.40. The summed E-state index contributed by atoms with van der Waals surface area (Å²) in [4.78, 5) is 21.2. The van der Waals surface area contributed by atoms with Crippen LogP contribution in [-0.2, 0) is 4.74 Å². The predicted octanol–water partition coefficient (Wildman–Crippen LogP) is 0.826. The Morgan fingerprint density at radius 1 is 1.31 bits per heavy atom. The number of nitrogens with zero attached hydrogens (tertiary/aromatic N) is 1. The fourth-order valence-corrected chi connectivity index (χ4v) is 0.798. The quantitative estimate of drug-likeness (QED) is 0.509. The maximum atomic E-state index is 10.6. The largest absolute Gasteiger partial charge is 0.524 e. The van der Waals surface area contributed by atoms with Gasteiger partial charge < -0.3 is 14.9 Å². The molecule has 76 valence electrons.